The molecule has 1 aliphatic rings. The highest BCUT2D eigenvalue weighted by molar-refractivity contribution is 5.94. The lowest BCUT2D eigenvalue weighted by molar-refractivity contribution is 0.0693. The van der Waals surface area contributed by atoms with E-state index in [0.29, 0.717) is 18.7 Å². The number of carbonyl (C=O) groups is 2. The Hall–Kier alpha value is -2.28. The third-order valence-electron chi connectivity index (χ3n) is 3.77. The smallest absolute Gasteiger partial charge is 0.339 e. The molecule has 2 rings (SSSR count). The first-order valence-electron chi connectivity index (χ1n) is 6.59. The minimum absolute atomic E-state index is 0.0916. The summed E-state index contributed by atoms with van der Waals surface area (Å²) in [5.74, 6) is -1.63. The maximum absolute atomic E-state index is 12.0. The highest BCUT2D eigenvalue weighted by Gasteiger charge is 2.38. The zero-order chi connectivity index (χ0) is 15.6. The average Bonchev–Trinajstić information content (AvgIpc) is 2.68. The fourth-order valence-corrected chi connectivity index (χ4v) is 2.21. The number of amides is 2. The minimum Gasteiger partial charge on any atom is -0.507 e. The van der Waals surface area contributed by atoms with Crippen LogP contribution in [0.15, 0.2) is 18.2 Å². The summed E-state index contributed by atoms with van der Waals surface area (Å²) in [4.78, 5) is 22.8. The van der Waals surface area contributed by atoms with Crippen molar-refractivity contribution < 1.29 is 24.5 Å². The van der Waals surface area contributed by atoms with E-state index in [9.17, 15) is 14.7 Å². The molecule has 7 nitrogen and oxygen atoms in total. The van der Waals surface area contributed by atoms with Crippen LogP contribution in [0.3, 0.4) is 0 Å². The Bertz CT molecular complexity index is 574. The van der Waals surface area contributed by atoms with Gasteiger partial charge in [0.15, 0.2) is 0 Å². The van der Waals surface area contributed by atoms with Gasteiger partial charge in [-0.1, -0.05) is 0 Å². The van der Waals surface area contributed by atoms with Crippen molar-refractivity contribution in [3.05, 3.63) is 23.8 Å². The molecule has 114 valence electrons. The molecule has 2 amide bonds. The fraction of sp³-hybridized carbons (Fsp3) is 0.429. The molecule has 0 spiro atoms. The van der Waals surface area contributed by atoms with Gasteiger partial charge in [-0.05, 0) is 32.4 Å². The van der Waals surface area contributed by atoms with E-state index < -0.39 is 23.3 Å². The first kappa shape index (κ1) is 15.1. The van der Waals surface area contributed by atoms with Crippen molar-refractivity contribution in [3.8, 4) is 5.75 Å². The second-order valence-corrected chi connectivity index (χ2v) is 5.30. The summed E-state index contributed by atoms with van der Waals surface area (Å²) in [7, 11) is 0. The number of ether oxygens (including phenoxy) is 1. The Morgan fingerprint density at radius 2 is 2.14 bits per heavy atom. The summed E-state index contributed by atoms with van der Waals surface area (Å²) in [5, 5.41) is 23.8. The van der Waals surface area contributed by atoms with Gasteiger partial charge >= 0.3 is 12.0 Å². The minimum atomic E-state index is -1.23. The third-order valence-corrected chi connectivity index (χ3v) is 3.77. The van der Waals surface area contributed by atoms with Crippen molar-refractivity contribution in [1.82, 2.24) is 5.32 Å². The zero-order valence-electron chi connectivity index (χ0n) is 11.8. The van der Waals surface area contributed by atoms with Crippen LogP contribution in [-0.2, 0) is 4.74 Å². The van der Waals surface area contributed by atoms with E-state index in [2.05, 4.69) is 10.6 Å². The molecule has 1 heterocycles. The number of carboxylic acids is 1. The van der Waals surface area contributed by atoms with Gasteiger partial charge in [0.1, 0.15) is 11.3 Å². The average molecular weight is 294 g/mol. The van der Waals surface area contributed by atoms with E-state index in [-0.39, 0.29) is 11.7 Å². The zero-order valence-corrected chi connectivity index (χ0v) is 11.8. The first-order valence-corrected chi connectivity index (χ1v) is 6.59. The number of urea groups is 1. The highest BCUT2D eigenvalue weighted by Crippen LogP contribution is 2.26. The number of nitrogens with one attached hydrogen (secondary N) is 2. The second-order valence-electron chi connectivity index (χ2n) is 5.30. The van der Waals surface area contributed by atoms with Gasteiger partial charge in [-0.25, -0.2) is 9.59 Å². The third kappa shape index (κ3) is 3.25. The maximum atomic E-state index is 12.0. The van der Waals surface area contributed by atoms with E-state index in [0.717, 1.165) is 0 Å². The van der Waals surface area contributed by atoms with E-state index in [1.54, 1.807) is 0 Å². The Kier molecular flexibility index (Phi) is 4.04. The number of hydrogen-bond acceptors (Lipinski definition) is 4. The number of carboxylic acid groups (broad SMARTS) is 1. The van der Waals surface area contributed by atoms with Crippen LogP contribution in [0.25, 0.3) is 0 Å². The van der Waals surface area contributed by atoms with Gasteiger partial charge in [-0.15, -0.1) is 0 Å². The molecule has 2 unspecified atom stereocenters. The molecule has 4 N–H and O–H groups in total. The van der Waals surface area contributed by atoms with E-state index in [1.165, 1.54) is 18.2 Å². The van der Waals surface area contributed by atoms with E-state index >= 15 is 0 Å². The number of anilines is 1. The molecule has 0 radical (unpaired) electrons. The van der Waals surface area contributed by atoms with Crippen LogP contribution in [0.4, 0.5) is 10.5 Å². The first-order chi connectivity index (χ1) is 9.82. The molecule has 21 heavy (non-hydrogen) atoms. The molecular formula is C14H18N2O5. The van der Waals surface area contributed by atoms with Crippen molar-refractivity contribution in [2.24, 2.45) is 0 Å². The number of aromatic hydroxyl groups is 1. The number of phenols is 1. The van der Waals surface area contributed by atoms with Gasteiger partial charge in [0.2, 0.25) is 0 Å². The lowest BCUT2D eigenvalue weighted by atomic mass is 9.95. The molecule has 0 aromatic heterocycles. The van der Waals surface area contributed by atoms with Crippen molar-refractivity contribution in [1.29, 1.82) is 0 Å². The van der Waals surface area contributed by atoms with Crippen LogP contribution < -0.4 is 10.6 Å². The lowest BCUT2D eigenvalue weighted by Crippen LogP contribution is -2.52. The predicted octanol–water partition coefficient (Wildman–Crippen LogP) is 1.78. The summed E-state index contributed by atoms with van der Waals surface area (Å²) in [6.45, 7) is 4.38. The Balaban J connectivity index is 2.03. The van der Waals surface area contributed by atoms with Crippen LogP contribution in [0, 0.1) is 0 Å². The van der Waals surface area contributed by atoms with Gasteiger partial charge < -0.3 is 25.6 Å². The van der Waals surface area contributed by atoms with Crippen molar-refractivity contribution >= 4 is 17.7 Å². The molecule has 1 saturated heterocycles. The summed E-state index contributed by atoms with van der Waals surface area (Å²) < 4.78 is 5.43. The Morgan fingerprint density at radius 3 is 2.67 bits per heavy atom. The summed E-state index contributed by atoms with van der Waals surface area (Å²) in [6, 6.07) is 3.41. The SMILES string of the molecule is CC1OCCC1(C)NC(=O)Nc1ccc(C(=O)O)c(O)c1. The van der Waals surface area contributed by atoms with E-state index in [4.69, 9.17) is 9.84 Å². The van der Waals surface area contributed by atoms with E-state index in [1.807, 2.05) is 13.8 Å². The van der Waals surface area contributed by atoms with Gasteiger partial charge in [0.05, 0.1) is 11.6 Å². The summed E-state index contributed by atoms with van der Waals surface area (Å²) in [6.07, 6.45) is 0.621. The van der Waals surface area contributed by atoms with Crippen LogP contribution in [-0.4, -0.2) is 40.5 Å². The van der Waals surface area contributed by atoms with Crippen molar-refractivity contribution in [2.45, 2.75) is 31.9 Å². The van der Waals surface area contributed by atoms with Crippen LogP contribution >= 0.6 is 0 Å². The predicted molar refractivity (Wildman–Crippen MR) is 75.7 cm³/mol. The lowest BCUT2D eigenvalue weighted by Gasteiger charge is -2.28. The highest BCUT2D eigenvalue weighted by atomic mass is 16.5. The van der Waals surface area contributed by atoms with Crippen molar-refractivity contribution in [2.75, 3.05) is 11.9 Å². The molecule has 1 aliphatic heterocycles. The van der Waals surface area contributed by atoms with Gasteiger partial charge in [-0.2, -0.15) is 0 Å². The Labute approximate surface area is 121 Å². The monoisotopic (exact) mass is 294 g/mol. The largest absolute Gasteiger partial charge is 0.507 e. The number of carbonyl (C=O) groups excluding carboxylic acids is 1. The quantitative estimate of drug-likeness (QED) is 0.679. The molecule has 0 saturated carbocycles. The van der Waals surface area contributed by atoms with Gasteiger partial charge in [0.25, 0.3) is 0 Å². The summed E-state index contributed by atoms with van der Waals surface area (Å²) >= 11 is 0. The molecule has 2 atom stereocenters. The Morgan fingerprint density at radius 1 is 1.43 bits per heavy atom. The van der Waals surface area contributed by atoms with Crippen LogP contribution in [0.5, 0.6) is 5.75 Å². The van der Waals surface area contributed by atoms with Crippen molar-refractivity contribution in [3.63, 3.8) is 0 Å². The van der Waals surface area contributed by atoms with Crippen LogP contribution in [0.2, 0.25) is 0 Å². The molecule has 1 aromatic rings. The topological polar surface area (TPSA) is 108 Å². The van der Waals surface area contributed by atoms with Gasteiger partial charge in [-0.3, -0.25) is 0 Å². The number of benzene rings is 1. The standard InChI is InChI=1S/C14H18N2O5/c1-8-14(2,5-6-21-8)16-13(20)15-9-3-4-10(12(18)19)11(17)7-9/h3-4,7-8,17H,5-6H2,1-2H3,(H,18,19)(H2,15,16,20). The molecule has 0 bridgehead atoms. The maximum Gasteiger partial charge on any atom is 0.339 e. The number of hydrogen-bond donors (Lipinski definition) is 4. The molecule has 7 heteroatoms. The number of aromatic carboxylic acids is 1. The second kappa shape index (κ2) is 5.61. The molecular weight excluding hydrogens is 276 g/mol. The fourth-order valence-electron chi connectivity index (χ4n) is 2.21. The normalized spacial score (nSPS) is 24.6. The number of rotatable bonds is 3. The van der Waals surface area contributed by atoms with Gasteiger partial charge in [0, 0.05) is 18.4 Å². The summed E-state index contributed by atoms with van der Waals surface area (Å²) in [5.41, 5.74) is -0.358. The molecule has 0 aliphatic carbocycles. The molecule has 1 aromatic carbocycles. The molecule has 1 fully saturated rings. The van der Waals surface area contributed by atoms with Crippen LogP contribution in [0.1, 0.15) is 30.6 Å².